The van der Waals surface area contributed by atoms with Crippen LogP contribution in [0.3, 0.4) is 0 Å². The third kappa shape index (κ3) is 3.97. The predicted molar refractivity (Wildman–Crippen MR) is 130 cm³/mol. The minimum absolute atomic E-state index is 0.154. The summed E-state index contributed by atoms with van der Waals surface area (Å²) in [5, 5.41) is 23.7. The van der Waals surface area contributed by atoms with Crippen LogP contribution in [0.25, 0.3) is 22.0 Å². The first-order valence-electron chi connectivity index (χ1n) is 10.5. The van der Waals surface area contributed by atoms with Crippen molar-refractivity contribution in [2.24, 2.45) is 7.05 Å². The molecule has 4 aromatic rings. The smallest absolute Gasteiger partial charge is 0.337 e. The Morgan fingerprint density at radius 3 is 2.48 bits per heavy atom. The quantitative estimate of drug-likeness (QED) is 0.444. The number of aromatic nitrogens is 1. The average molecular weight is 437 g/mol. The number of benzene rings is 3. The van der Waals surface area contributed by atoms with Crippen molar-refractivity contribution in [3.05, 3.63) is 99.3 Å². The first kappa shape index (κ1) is 21.8. The van der Waals surface area contributed by atoms with Gasteiger partial charge in [0.15, 0.2) is 0 Å². The van der Waals surface area contributed by atoms with Crippen LogP contribution in [0.15, 0.2) is 71.5 Å². The molecule has 3 aromatic carbocycles. The molecule has 0 bridgehead atoms. The second-order valence-electron chi connectivity index (χ2n) is 8.08. The zero-order chi connectivity index (χ0) is 23.7. The predicted octanol–water partition coefficient (Wildman–Crippen LogP) is 5.26. The van der Waals surface area contributed by atoms with Crippen LogP contribution in [0.4, 0.5) is 5.69 Å². The lowest BCUT2D eigenvalue weighted by atomic mass is 9.95. The van der Waals surface area contributed by atoms with E-state index in [4.69, 9.17) is 0 Å². The highest BCUT2D eigenvalue weighted by Gasteiger charge is 2.18. The van der Waals surface area contributed by atoms with E-state index >= 15 is 0 Å². The molecule has 2 N–H and O–H groups in total. The molecule has 6 heteroatoms. The number of hydrogen-bond donors (Lipinski definition) is 2. The summed E-state index contributed by atoms with van der Waals surface area (Å²) in [7, 11) is 1.71. The number of nitriles is 1. The molecule has 0 spiro atoms. The maximum atomic E-state index is 13.3. The van der Waals surface area contributed by atoms with E-state index in [-0.39, 0.29) is 17.2 Å². The summed E-state index contributed by atoms with van der Waals surface area (Å²) in [4.78, 5) is 25.0. The van der Waals surface area contributed by atoms with Crippen molar-refractivity contribution in [1.29, 1.82) is 5.26 Å². The molecule has 0 saturated heterocycles. The molecule has 1 atom stereocenters. The van der Waals surface area contributed by atoms with E-state index in [9.17, 15) is 20.0 Å². The lowest BCUT2D eigenvalue weighted by molar-refractivity contribution is 0.0698. The van der Waals surface area contributed by atoms with Crippen molar-refractivity contribution in [3.63, 3.8) is 0 Å². The molecule has 1 unspecified atom stereocenters. The van der Waals surface area contributed by atoms with Crippen LogP contribution in [0, 0.1) is 18.3 Å². The van der Waals surface area contributed by atoms with E-state index in [1.54, 1.807) is 48.0 Å². The van der Waals surface area contributed by atoms with Crippen molar-refractivity contribution < 1.29 is 9.90 Å². The molecular weight excluding hydrogens is 414 g/mol. The molecule has 164 valence electrons. The fourth-order valence-corrected chi connectivity index (χ4v) is 4.21. The summed E-state index contributed by atoms with van der Waals surface area (Å²) in [6.07, 6.45) is 0. The molecule has 1 aromatic heterocycles. The van der Waals surface area contributed by atoms with Gasteiger partial charge < -0.3 is 15.0 Å². The van der Waals surface area contributed by atoms with Crippen LogP contribution in [0.1, 0.15) is 40.0 Å². The van der Waals surface area contributed by atoms with Gasteiger partial charge in [-0.1, -0.05) is 36.4 Å². The Kier molecular flexibility index (Phi) is 5.72. The number of pyridine rings is 1. The Bertz CT molecular complexity index is 1500. The Morgan fingerprint density at radius 2 is 1.76 bits per heavy atom. The zero-order valence-electron chi connectivity index (χ0n) is 18.6. The molecule has 0 fully saturated rings. The molecular formula is C27H23N3O3. The van der Waals surface area contributed by atoms with Crippen molar-refractivity contribution in [2.75, 3.05) is 5.32 Å². The van der Waals surface area contributed by atoms with E-state index in [1.807, 2.05) is 44.2 Å². The second kappa shape index (κ2) is 8.64. The second-order valence-corrected chi connectivity index (χ2v) is 8.08. The Hall–Kier alpha value is -4.37. The highest BCUT2D eigenvalue weighted by atomic mass is 16.4. The van der Waals surface area contributed by atoms with E-state index in [0.29, 0.717) is 27.9 Å². The lowest BCUT2D eigenvalue weighted by Gasteiger charge is -2.21. The first-order chi connectivity index (χ1) is 15.8. The summed E-state index contributed by atoms with van der Waals surface area (Å²) in [6.45, 7) is 3.87. The number of aromatic carboxylic acids is 1. The van der Waals surface area contributed by atoms with Gasteiger partial charge in [-0.2, -0.15) is 5.26 Å². The topological polar surface area (TPSA) is 95.1 Å². The molecule has 6 nitrogen and oxygen atoms in total. The molecule has 0 saturated carbocycles. The van der Waals surface area contributed by atoms with Crippen molar-refractivity contribution in [2.45, 2.75) is 19.9 Å². The van der Waals surface area contributed by atoms with E-state index in [1.165, 1.54) is 0 Å². The summed E-state index contributed by atoms with van der Waals surface area (Å²) in [5.74, 6) is -1.01. The molecule has 0 aliphatic rings. The molecule has 33 heavy (non-hydrogen) atoms. The Balaban J connectivity index is 1.93. The summed E-state index contributed by atoms with van der Waals surface area (Å²) < 4.78 is 1.57. The number of nitrogens with one attached hydrogen (secondary N) is 1. The van der Waals surface area contributed by atoms with Crippen LogP contribution >= 0.6 is 0 Å². The zero-order valence-corrected chi connectivity index (χ0v) is 18.6. The normalized spacial score (nSPS) is 11.7. The monoisotopic (exact) mass is 437 g/mol. The minimum atomic E-state index is -1.01. The summed E-state index contributed by atoms with van der Waals surface area (Å²) >= 11 is 0. The van der Waals surface area contributed by atoms with E-state index < -0.39 is 5.97 Å². The fraction of sp³-hybridized carbons (Fsp3) is 0.148. The maximum Gasteiger partial charge on any atom is 0.337 e. The Morgan fingerprint density at radius 1 is 1.06 bits per heavy atom. The first-order valence-corrected chi connectivity index (χ1v) is 10.5. The standard InChI is InChI=1S/C27H23N3O3/c1-16-12-21(17(2)29-24-11-7-6-10-20(24)27(32)33)22-14-25(30(3)26(31)23(22)13-16)19-9-5-4-8-18(19)15-28/h4-14,17,29H,1-3H3,(H,32,33). The van der Waals surface area contributed by atoms with Crippen molar-refractivity contribution in [3.8, 4) is 17.3 Å². The van der Waals surface area contributed by atoms with Crippen LogP contribution in [-0.2, 0) is 7.05 Å². The number of rotatable bonds is 5. The minimum Gasteiger partial charge on any atom is -0.478 e. The van der Waals surface area contributed by atoms with Gasteiger partial charge in [-0.3, -0.25) is 4.79 Å². The van der Waals surface area contributed by atoms with Gasteiger partial charge >= 0.3 is 5.97 Å². The van der Waals surface area contributed by atoms with E-state index in [2.05, 4.69) is 11.4 Å². The number of nitrogens with zero attached hydrogens (tertiary/aromatic N) is 2. The summed E-state index contributed by atoms with van der Waals surface area (Å²) in [6, 6.07) is 21.7. The number of carbonyl (C=O) groups is 1. The van der Waals surface area contributed by atoms with Crippen LogP contribution in [-0.4, -0.2) is 15.6 Å². The van der Waals surface area contributed by atoms with Crippen molar-refractivity contribution >= 4 is 22.4 Å². The summed E-state index contributed by atoms with van der Waals surface area (Å²) in [5.41, 5.74) is 4.16. The molecule has 1 heterocycles. The number of para-hydroxylation sites is 1. The van der Waals surface area contributed by atoms with E-state index in [0.717, 1.165) is 16.5 Å². The third-order valence-electron chi connectivity index (χ3n) is 5.85. The Labute approximate surface area is 191 Å². The third-order valence-corrected chi connectivity index (χ3v) is 5.85. The maximum absolute atomic E-state index is 13.3. The molecule has 0 aliphatic heterocycles. The van der Waals surface area contributed by atoms with Gasteiger partial charge in [0, 0.05) is 29.7 Å². The molecule has 0 radical (unpaired) electrons. The molecule has 0 aliphatic carbocycles. The van der Waals surface area contributed by atoms with Gasteiger partial charge in [-0.25, -0.2) is 4.79 Å². The molecule has 4 rings (SSSR count). The van der Waals surface area contributed by atoms with Crippen LogP contribution < -0.4 is 10.9 Å². The van der Waals surface area contributed by atoms with Gasteiger partial charge in [0.25, 0.3) is 5.56 Å². The highest BCUT2D eigenvalue weighted by molar-refractivity contribution is 5.95. The SMILES string of the molecule is Cc1cc(C(C)Nc2ccccc2C(=O)O)c2cc(-c3ccccc3C#N)n(C)c(=O)c2c1. The van der Waals surface area contributed by atoms with Gasteiger partial charge in [-0.15, -0.1) is 0 Å². The van der Waals surface area contributed by atoms with Gasteiger partial charge in [0.2, 0.25) is 0 Å². The van der Waals surface area contributed by atoms with Crippen molar-refractivity contribution in [1.82, 2.24) is 4.57 Å². The molecule has 0 amide bonds. The highest BCUT2D eigenvalue weighted by Crippen LogP contribution is 2.32. The van der Waals surface area contributed by atoms with Gasteiger partial charge in [0.1, 0.15) is 0 Å². The number of fused-ring (bicyclic) bond motifs is 1. The number of aryl methyl sites for hydroxylation is 1. The number of carboxylic acids is 1. The largest absolute Gasteiger partial charge is 0.478 e. The number of carboxylic acid groups (broad SMARTS) is 1. The van der Waals surface area contributed by atoms with Crippen LogP contribution in [0.5, 0.6) is 0 Å². The lowest BCUT2D eigenvalue weighted by Crippen LogP contribution is -2.20. The fourth-order valence-electron chi connectivity index (χ4n) is 4.21. The van der Waals surface area contributed by atoms with Crippen LogP contribution in [0.2, 0.25) is 0 Å². The average Bonchev–Trinajstić information content (AvgIpc) is 2.81. The number of anilines is 1. The van der Waals surface area contributed by atoms with Gasteiger partial charge in [-0.05, 0) is 60.7 Å². The van der Waals surface area contributed by atoms with Gasteiger partial charge in [0.05, 0.1) is 22.9 Å². The number of hydrogen-bond acceptors (Lipinski definition) is 4.